The highest BCUT2D eigenvalue weighted by molar-refractivity contribution is 7.80. The molecule has 0 amide bonds. The molecule has 0 aromatic heterocycles. The minimum absolute atomic E-state index is 0.565. The van der Waals surface area contributed by atoms with Crippen LogP contribution in [0.25, 0.3) is 0 Å². The molecule has 19 heavy (non-hydrogen) atoms. The number of hydrogen-bond donors (Lipinski definition) is 2. The van der Waals surface area contributed by atoms with Crippen molar-refractivity contribution >= 4 is 17.3 Å². The van der Waals surface area contributed by atoms with Gasteiger partial charge in [0, 0.05) is 12.1 Å². The van der Waals surface area contributed by atoms with E-state index in [1.165, 1.54) is 44.9 Å². The molecule has 0 spiro atoms. The van der Waals surface area contributed by atoms with E-state index in [0.717, 1.165) is 22.9 Å². The maximum Gasteiger partial charge on any atom is 0.166 e. The predicted molar refractivity (Wildman–Crippen MR) is 86.3 cm³/mol. The highest BCUT2D eigenvalue weighted by atomic mass is 32.1. The molecular weight excluding hydrogens is 252 g/mol. The average molecular weight is 282 g/mol. The molecule has 0 aromatic rings. The summed E-state index contributed by atoms with van der Waals surface area (Å²) in [5, 5.41) is 8.07. The van der Waals surface area contributed by atoms with Gasteiger partial charge in [0.25, 0.3) is 0 Å². The van der Waals surface area contributed by atoms with Crippen molar-refractivity contribution in [2.75, 3.05) is 0 Å². The smallest absolute Gasteiger partial charge is 0.166 e. The van der Waals surface area contributed by atoms with E-state index < -0.39 is 0 Å². The lowest BCUT2D eigenvalue weighted by Gasteiger charge is -2.40. The van der Waals surface area contributed by atoms with Gasteiger partial charge in [0.1, 0.15) is 0 Å². The van der Waals surface area contributed by atoms with E-state index in [2.05, 4.69) is 31.4 Å². The van der Waals surface area contributed by atoms with Crippen LogP contribution in [-0.4, -0.2) is 17.2 Å². The van der Waals surface area contributed by atoms with E-state index >= 15 is 0 Å². The van der Waals surface area contributed by atoms with Crippen LogP contribution in [0.1, 0.15) is 65.7 Å². The molecule has 2 aliphatic carbocycles. The fourth-order valence-electron chi connectivity index (χ4n) is 3.90. The van der Waals surface area contributed by atoms with Crippen molar-refractivity contribution in [2.45, 2.75) is 77.8 Å². The van der Waals surface area contributed by atoms with Gasteiger partial charge in [0.05, 0.1) is 0 Å². The van der Waals surface area contributed by atoms with Crippen molar-refractivity contribution in [3.8, 4) is 0 Å². The molecule has 3 heteroatoms. The van der Waals surface area contributed by atoms with Crippen molar-refractivity contribution in [3.63, 3.8) is 0 Å². The van der Waals surface area contributed by atoms with Crippen molar-refractivity contribution in [1.29, 1.82) is 0 Å². The zero-order valence-electron chi connectivity index (χ0n) is 12.7. The van der Waals surface area contributed by atoms with E-state index in [1.807, 2.05) is 0 Å². The monoisotopic (exact) mass is 282 g/mol. The maximum absolute atomic E-state index is 5.54. The third-order valence-electron chi connectivity index (χ3n) is 5.12. The Morgan fingerprint density at radius 1 is 1.00 bits per heavy atom. The third-order valence-corrected chi connectivity index (χ3v) is 5.35. The summed E-state index contributed by atoms with van der Waals surface area (Å²) < 4.78 is 0. The Bertz CT molecular complexity index is 297. The van der Waals surface area contributed by atoms with Gasteiger partial charge in [-0.3, -0.25) is 0 Å². The average Bonchev–Trinajstić information content (AvgIpc) is 2.84. The van der Waals surface area contributed by atoms with Gasteiger partial charge >= 0.3 is 0 Å². The Morgan fingerprint density at radius 2 is 1.68 bits per heavy atom. The molecule has 2 aliphatic rings. The highest BCUT2D eigenvalue weighted by Gasteiger charge is 2.33. The van der Waals surface area contributed by atoms with Gasteiger partial charge in [-0.2, -0.15) is 0 Å². The number of thiocarbonyl (C=S) groups is 1. The summed E-state index contributed by atoms with van der Waals surface area (Å²) >= 11 is 5.54. The van der Waals surface area contributed by atoms with Gasteiger partial charge in [-0.05, 0) is 55.7 Å². The van der Waals surface area contributed by atoms with E-state index in [-0.39, 0.29) is 0 Å². The van der Waals surface area contributed by atoms with Gasteiger partial charge in [-0.15, -0.1) is 0 Å². The van der Waals surface area contributed by atoms with Crippen LogP contribution in [0, 0.1) is 17.8 Å². The molecule has 2 nitrogen and oxygen atoms in total. The number of hydrogen-bond acceptors (Lipinski definition) is 1. The van der Waals surface area contributed by atoms with Crippen LogP contribution in [0.5, 0.6) is 0 Å². The summed E-state index contributed by atoms with van der Waals surface area (Å²) in [6, 6.07) is 1.19. The zero-order valence-corrected chi connectivity index (χ0v) is 13.6. The molecule has 0 saturated heterocycles. The molecule has 0 radical (unpaired) electrons. The predicted octanol–water partition coefficient (Wildman–Crippen LogP) is 3.85. The van der Waals surface area contributed by atoms with Gasteiger partial charge < -0.3 is 10.6 Å². The molecule has 3 unspecified atom stereocenters. The standard InChI is InChI=1S/C16H30N2S/c1-11(2)14-10-6-7-12(3)15(14)18-16(19)17-13-8-4-5-9-13/h11-15H,4-10H2,1-3H3,(H2,17,18,19). The van der Waals surface area contributed by atoms with Crippen LogP contribution >= 0.6 is 12.2 Å². The number of nitrogens with one attached hydrogen (secondary N) is 2. The second kappa shape index (κ2) is 6.92. The lowest BCUT2D eigenvalue weighted by Crippen LogP contribution is -2.52. The molecule has 0 heterocycles. The molecule has 2 saturated carbocycles. The minimum Gasteiger partial charge on any atom is -0.360 e. The quantitative estimate of drug-likeness (QED) is 0.769. The van der Waals surface area contributed by atoms with Gasteiger partial charge in [-0.1, -0.05) is 40.0 Å². The maximum atomic E-state index is 5.54. The SMILES string of the molecule is CC(C)C1CCCC(C)C1NC(=S)NC1CCCC1. The number of rotatable bonds is 3. The Hall–Kier alpha value is -0.310. The van der Waals surface area contributed by atoms with Crippen LogP contribution in [0.15, 0.2) is 0 Å². The van der Waals surface area contributed by atoms with E-state index in [4.69, 9.17) is 12.2 Å². The molecular formula is C16H30N2S. The van der Waals surface area contributed by atoms with E-state index in [1.54, 1.807) is 0 Å². The fraction of sp³-hybridized carbons (Fsp3) is 0.938. The summed E-state index contributed by atoms with van der Waals surface area (Å²) in [5.74, 6) is 2.26. The van der Waals surface area contributed by atoms with E-state index in [9.17, 15) is 0 Å². The second-order valence-corrected chi connectivity index (χ2v) is 7.35. The van der Waals surface area contributed by atoms with Gasteiger partial charge in [0.15, 0.2) is 5.11 Å². The van der Waals surface area contributed by atoms with Crippen LogP contribution < -0.4 is 10.6 Å². The Labute approximate surface area is 124 Å². The molecule has 0 bridgehead atoms. The molecule has 0 aromatic carbocycles. The molecule has 2 fully saturated rings. The van der Waals surface area contributed by atoms with Crippen LogP contribution in [0.3, 0.4) is 0 Å². The summed E-state index contributed by atoms with van der Waals surface area (Å²) in [7, 11) is 0. The largest absolute Gasteiger partial charge is 0.360 e. The Kier molecular flexibility index (Phi) is 5.49. The van der Waals surface area contributed by atoms with E-state index in [0.29, 0.717) is 12.1 Å². The van der Waals surface area contributed by atoms with Crippen LogP contribution in [0.4, 0.5) is 0 Å². The lowest BCUT2D eigenvalue weighted by atomic mass is 9.73. The first-order chi connectivity index (χ1) is 9.08. The summed E-state index contributed by atoms with van der Waals surface area (Å²) in [6.45, 7) is 7.08. The zero-order chi connectivity index (χ0) is 13.8. The molecule has 2 N–H and O–H groups in total. The Morgan fingerprint density at radius 3 is 2.32 bits per heavy atom. The fourth-order valence-corrected chi connectivity index (χ4v) is 4.21. The lowest BCUT2D eigenvalue weighted by molar-refractivity contribution is 0.170. The van der Waals surface area contributed by atoms with Crippen LogP contribution in [-0.2, 0) is 0 Å². The first-order valence-electron chi connectivity index (χ1n) is 8.15. The highest BCUT2D eigenvalue weighted by Crippen LogP contribution is 2.33. The molecule has 0 aliphatic heterocycles. The molecule has 2 rings (SSSR count). The summed E-state index contributed by atoms with van der Waals surface area (Å²) in [5.41, 5.74) is 0. The summed E-state index contributed by atoms with van der Waals surface area (Å²) in [6.07, 6.45) is 9.36. The Balaban J connectivity index is 1.88. The van der Waals surface area contributed by atoms with Crippen molar-refractivity contribution < 1.29 is 0 Å². The topological polar surface area (TPSA) is 24.1 Å². The second-order valence-electron chi connectivity index (χ2n) is 6.94. The van der Waals surface area contributed by atoms with Gasteiger partial charge in [0.2, 0.25) is 0 Å². The first kappa shape index (κ1) is 15.1. The molecule has 110 valence electrons. The summed E-state index contributed by atoms with van der Waals surface area (Å²) in [4.78, 5) is 0. The van der Waals surface area contributed by atoms with Crippen LogP contribution in [0.2, 0.25) is 0 Å². The van der Waals surface area contributed by atoms with Gasteiger partial charge in [-0.25, -0.2) is 0 Å². The third kappa shape index (κ3) is 4.08. The minimum atomic E-state index is 0.565. The van der Waals surface area contributed by atoms with Crippen molar-refractivity contribution in [3.05, 3.63) is 0 Å². The molecule has 3 atom stereocenters. The normalized spacial score (nSPS) is 32.5. The van der Waals surface area contributed by atoms with Crippen molar-refractivity contribution in [2.24, 2.45) is 17.8 Å². The van der Waals surface area contributed by atoms with Crippen molar-refractivity contribution in [1.82, 2.24) is 10.6 Å². The first-order valence-corrected chi connectivity index (χ1v) is 8.55.